The number of sulfonamides is 1. The number of hydrogen-bond donors (Lipinski definition) is 1. The minimum atomic E-state index is -4.08. The molecule has 1 N–H and O–H groups in total. The van der Waals surface area contributed by atoms with Crippen LogP contribution < -0.4 is 14.2 Å². The number of piperidine rings is 1. The molecule has 182 valence electrons. The molecule has 0 radical (unpaired) electrons. The number of nitrogens with one attached hydrogen (secondary N) is 1. The van der Waals surface area contributed by atoms with Gasteiger partial charge in [-0.1, -0.05) is 0 Å². The van der Waals surface area contributed by atoms with Crippen molar-refractivity contribution in [1.29, 1.82) is 0 Å². The van der Waals surface area contributed by atoms with Crippen molar-refractivity contribution in [2.75, 3.05) is 32.0 Å². The molecule has 0 bridgehead atoms. The van der Waals surface area contributed by atoms with E-state index >= 15 is 0 Å². The van der Waals surface area contributed by atoms with Crippen molar-refractivity contribution in [3.8, 4) is 11.5 Å². The monoisotopic (exact) mass is 486 g/mol. The fraction of sp³-hybridized carbons (Fsp3) is 0.400. The van der Waals surface area contributed by atoms with Crippen LogP contribution in [0.25, 0.3) is 11.0 Å². The van der Waals surface area contributed by atoms with Crippen molar-refractivity contribution < 1.29 is 27.1 Å². The lowest BCUT2D eigenvalue weighted by Crippen LogP contribution is -2.35. The van der Waals surface area contributed by atoms with Crippen LogP contribution in [0.2, 0.25) is 0 Å². The number of carbonyl (C=O) groups is 1. The molecule has 2 heterocycles. The summed E-state index contributed by atoms with van der Waals surface area (Å²) >= 11 is 0. The molecule has 1 amide bonds. The van der Waals surface area contributed by atoms with Crippen molar-refractivity contribution in [3.63, 3.8) is 0 Å². The van der Waals surface area contributed by atoms with Gasteiger partial charge in [0.25, 0.3) is 15.9 Å². The second-order valence-corrected chi connectivity index (χ2v) is 10.3. The number of fused-ring (bicyclic) bond motifs is 1. The van der Waals surface area contributed by atoms with Gasteiger partial charge in [0.15, 0.2) is 11.3 Å². The van der Waals surface area contributed by atoms with Gasteiger partial charge in [-0.3, -0.25) is 9.52 Å². The molecule has 0 spiro atoms. The first-order chi connectivity index (χ1) is 16.2. The van der Waals surface area contributed by atoms with E-state index < -0.39 is 10.0 Å². The van der Waals surface area contributed by atoms with Gasteiger partial charge < -0.3 is 18.8 Å². The van der Waals surface area contributed by atoms with Crippen molar-refractivity contribution in [3.05, 3.63) is 46.7 Å². The quantitative estimate of drug-likeness (QED) is 0.537. The van der Waals surface area contributed by atoms with E-state index in [-0.39, 0.29) is 27.8 Å². The molecule has 34 heavy (non-hydrogen) atoms. The number of nitrogens with zero attached hydrogens (tertiary/aromatic N) is 1. The number of amides is 1. The zero-order chi connectivity index (χ0) is 24.6. The van der Waals surface area contributed by atoms with E-state index in [1.165, 1.54) is 14.2 Å². The Balaban J connectivity index is 1.83. The maximum atomic E-state index is 13.6. The Bertz CT molecular complexity index is 1330. The molecule has 1 fully saturated rings. The molecule has 0 unspecified atom stereocenters. The van der Waals surface area contributed by atoms with Crippen LogP contribution in [0.15, 0.2) is 33.6 Å². The SMILES string of the molecule is COc1cc(NS(=O)(=O)c2c(C)c(C)cc3c(C)c(C(=O)N4CCCCC4)oc23)cc(OC)c1. The molecule has 0 saturated carbocycles. The third kappa shape index (κ3) is 4.32. The molecule has 0 atom stereocenters. The Labute approximate surface area is 199 Å². The first-order valence-corrected chi connectivity index (χ1v) is 12.7. The van der Waals surface area contributed by atoms with Crippen molar-refractivity contribution >= 4 is 32.6 Å². The Kier molecular flexibility index (Phi) is 6.49. The number of furan rings is 1. The Morgan fingerprint density at radius 3 is 2.15 bits per heavy atom. The van der Waals surface area contributed by atoms with Gasteiger partial charge in [0.2, 0.25) is 0 Å². The molecule has 1 aromatic heterocycles. The van der Waals surface area contributed by atoms with E-state index in [2.05, 4.69) is 4.72 Å². The fourth-order valence-corrected chi connectivity index (χ4v) is 5.87. The van der Waals surface area contributed by atoms with Gasteiger partial charge in [-0.2, -0.15) is 0 Å². The molecule has 0 aliphatic carbocycles. The topological polar surface area (TPSA) is 98.1 Å². The molecule has 2 aromatic carbocycles. The van der Waals surface area contributed by atoms with Crippen molar-refractivity contribution in [1.82, 2.24) is 4.90 Å². The van der Waals surface area contributed by atoms with Crippen molar-refractivity contribution in [2.24, 2.45) is 0 Å². The molecule has 8 nitrogen and oxygen atoms in total. The average molecular weight is 487 g/mol. The number of rotatable bonds is 6. The normalized spacial score (nSPS) is 14.3. The number of aryl methyl sites for hydroxylation is 2. The highest BCUT2D eigenvalue weighted by Crippen LogP contribution is 2.37. The number of ether oxygens (including phenoxy) is 2. The summed E-state index contributed by atoms with van der Waals surface area (Å²) in [6, 6.07) is 6.68. The van der Waals surface area contributed by atoms with Gasteiger partial charge in [-0.15, -0.1) is 0 Å². The van der Waals surface area contributed by atoms with Crippen molar-refractivity contribution in [2.45, 2.75) is 44.9 Å². The second-order valence-electron chi connectivity index (χ2n) is 8.64. The number of hydrogen-bond acceptors (Lipinski definition) is 6. The largest absolute Gasteiger partial charge is 0.497 e. The lowest BCUT2D eigenvalue weighted by molar-refractivity contribution is 0.0693. The van der Waals surface area contributed by atoms with Crippen LogP contribution in [-0.4, -0.2) is 46.5 Å². The van der Waals surface area contributed by atoms with Crippen LogP contribution in [-0.2, 0) is 10.0 Å². The fourth-order valence-electron chi connectivity index (χ4n) is 4.38. The van der Waals surface area contributed by atoms with Gasteiger partial charge >= 0.3 is 0 Å². The first-order valence-electron chi connectivity index (χ1n) is 11.2. The second kappa shape index (κ2) is 9.21. The van der Waals surface area contributed by atoms with Crippen LogP contribution in [0.3, 0.4) is 0 Å². The maximum absolute atomic E-state index is 13.6. The molecule has 1 saturated heterocycles. The molecule has 1 aliphatic heterocycles. The summed E-state index contributed by atoms with van der Waals surface area (Å²) in [6.45, 7) is 6.74. The Morgan fingerprint density at radius 1 is 0.941 bits per heavy atom. The maximum Gasteiger partial charge on any atom is 0.289 e. The first kappa shape index (κ1) is 23.9. The smallest absolute Gasteiger partial charge is 0.289 e. The minimum absolute atomic E-state index is 0.0186. The average Bonchev–Trinajstić information content (AvgIpc) is 3.14. The van der Waals surface area contributed by atoms with E-state index in [1.54, 1.807) is 36.9 Å². The Hall–Kier alpha value is -3.20. The highest BCUT2D eigenvalue weighted by molar-refractivity contribution is 7.93. The summed E-state index contributed by atoms with van der Waals surface area (Å²) in [5.74, 6) is 0.900. The highest BCUT2D eigenvalue weighted by atomic mass is 32.2. The number of likely N-dealkylation sites (tertiary alicyclic amines) is 1. The van der Waals surface area contributed by atoms with E-state index in [0.29, 0.717) is 41.1 Å². The summed E-state index contributed by atoms with van der Waals surface area (Å²) in [5.41, 5.74) is 2.46. The van der Waals surface area contributed by atoms with Gasteiger partial charge in [0.05, 0.1) is 19.9 Å². The lowest BCUT2D eigenvalue weighted by atomic mass is 10.0. The predicted octanol–water partition coefficient (Wildman–Crippen LogP) is 4.80. The molecular formula is C25H30N2O6S. The van der Waals surface area contributed by atoms with Crippen LogP contribution in [0.1, 0.15) is 46.5 Å². The molecule has 9 heteroatoms. The number of anilines is 1. The lowest BCUT2D eigenvalue weighted by Gasteiger charge is -2.25. The Morgan fingerprint density at radius 2 is 1.56 bits per heavy atom. The summed E-state index contributed by atoms with van der Waals surface area (Å²) in [6.07, 6.45) is 3.01. The third-order valence-corrected chi connectivity index (χ3v) is 7.94. The van der Waals surface area contributed by atoms with Crippen LogP contribution >= 0.6 is 0 Å². The summed E-state index contributed by atoms with van der Waals surface area (Å²) in [5, 5.41) is 0.618. The molecule has 1 aliphatic rings. The summed E-state index contributed by atoms with van der Waals surface area (Å²) in [4.78, 5) is 15.0. The highest BCUT2D eigenvalue weighted by Gasteiger charge is 2.30. The molecule has 4 rings (SSSR count). The van der Waals surface area contributed by atoms with E-state index in [4.69, 9.17) is 13.9 Å². The number of carbonyl (C=O) groups excluding carboxylic acids is 1. The van der Waals surface area contributed by atoms with Gasteiger partial charge in [-0.05, 0) is 57.2 Å². The molecule has 3 aromatic rings. The van der Waals surface area contributed by atoms with Gasteiger partial charge in [-0.25, -0.2) is 8.42 Å². The van der Waals surface area contributed by atoms with Crippen LogP contribution in [0.5, 0.6) is 11.5 Å². The standard InChI is InChI=1S/C25H30N2O6S/c1-15-11-21-17(3)22(25(28)27-9-7-6-8-10-27)33-23(21)24(16(15)2)34(29,30)26-18-12-19(31-4)14-20(13-18)32-5/h11-14,26H,6-10H2,1-5H3. The van der Waals surface area contributed by atoms with E-state index in [9.17, 15) is 13.2 Å². The zero-order valence-electron chi connectivity index (χ0n) is 20.1. The number of methoxy groups -OCH3 is 2. The van der Waals surface area contributed by atoms with Gasteiger partial charge in [0.1, 0.15) is 16.4 Å². The van der Waals surface area contributed by atoms with Crippen LogP contribution in [0, 0.1) is 20.8 Å². The number of benzene rings is 2. The minimum Gasteiger partial charge on any atom is -0.497 e. The van der Waals surface area contributed by atoms with E-state index in [1.807, 2.05) is 13.0 Å². The third-order valence-electron chi connectivity index (χ3n) is 6.40. The van der Waals surface area contributed by atoms with Crippen LogP contribution in [0.4, 0.5) is 5.69 Å². The van der Waals surface area contributed by atoms with Gasteiger partial charge in [0, 0.05) is 42.2 Å². The summed E-state index contributed by atoms with van der Waals surface area (Å²) in [7, 11) is -1.09. The summed E-state index contributed by atoms with van der Waals surface area (Å²) < 4.78 is 46.4. The predicted molar refractivity (Wildman–Crippen MR) is 131 cm³/mol. The zero-order valence-corrected chi connectivity index (χ0v) is 21.0. The van der Waals surface area contributed by atoms with E-state index in [0.717, 1.165) is 24.8 Å². The molecular weight excluding hydrogens is 456 g/mol.